The third kappa shape index (κ3) is 3.85. The van der Waals surface area contributed by atoms with Gasteiger partial charge in [0.2, 0.25) is 0 Å². The molecule has 142 valence electrons. The van der Waals surface area contributed by atoms with Gasteiger partial charge in [0.05, 0.1) is 11.4 Å². The van der Waals surface area contributed by atoms with E-state index in [1.807, 2.05) is 0 Å². The van der Waals surface area contributed by atoms with Crippen LogP contribution in [0.4, 0.5) is 22.0 Å². The molecule has 1 heterocycles. The maximum absolute atomic E-state index is 14.2. The monoisotopic (exact) mass is 402 g/mol. The molecule has 0 spiro atoms. The van der Waals surface area contributed by atoms with E-state index in [2.05, 4.69) is 5.10 Å². The molecule has 0 atom stereocenters. The SMILES string of the molecule is CS(=O)(=O)c1ccc(-n2nc(C(F)(F)F)cc2-c2cccc(F)c2)cc1F. The molecular weight excluding hydrogens is 391 g/mol. The first-order valence-electron chi connectivity index (χ1n) is 7.40. The highest BCUT2D eigenvalue weighted by atomic mass is 32.2. The minimum atomic E-state index is -4.78. The Morgan fingerprint density at radius 1 is 1.00 bits per heavy atom. The van der Waals surface area contributed by atoms with Crippen molar-refractivity contribution >= 4 is 9.84 Å². The number of sulfone groups is 1. The summed E-state index contributed by atoms with van der Waals surface area (Å²) in [6.07, 6.45) is -3.97. The molecule has 0 bridgehead atoms. The van der Waals surface area contributed by atoms with E-state index >= 15 is 0 Å². The summed E-state index contributed by atoms with van der Waals surface area (Å²) in [5.74, 6) is -1.81. The molecule has 0 fully saturated rings. The molecule has 0 radical (unpaired) electrons. The Labute approximate surface area is 150 Å². The van der Waals surface area contributed by atoms with Crippen LogP contribution in [-0.2, 0) is 16.0 Å². The van der Waals surface area contributed by atoms with Gasteiger partial charge in [0.25, 0.3) is 0 Å². The summed E-state index contributed by atoms with van der Waals surface area (Å²) in [5, 5.41) is 3.44. The quantitative estimate of drug-likeness (QED) is 0.616. The molecule has 3 rings (SSSR count). The van der Waals surface area contributed by atoms with Crippen LogP contribution < -0.4 is 0 Å². The van der Waals surface area contributed by atoms with Gasteiger partial charge in [-0.05, 0) is 30.3 Å². The van der Waals surface area contributed by atoms with Crippen LogP contribution in [0, 0.1) is 11.6 Å². The smallest absolute Gasteiger partial charge is 0.232 e. The number of halogens is 5. The molecule has 0 aliphatic carbocycles. The van der Waals surface area contributed by atoms with E-state index in [0.29, 0.717) is 6.07 Å². The molecule has 0 saturated carbocycles. The van der Waals surface area contributed by atoms with E-state index in [0.717, 1.165) is 41.3 Å². The van der Waals surface area contributed by atoms with Crippen molar-refractivity contribution in [2.24, 2.45) is 0 Å². The molecule has 10 heteroatoms. The van der Waals surface area contributed by atoms with Crippen LogP contribution >= 0.6 is 0 Å². The number of benzene rings is 2. The first kappa shape index (κ1) is 19.0. The van der Waals surface area contributed by atoms with E-state index < -0.39 is 38.2 Å². The van der Waals surface area contributed by atoms with E-state index in [1.54, 1.807) is 0 Å². The second-order valence-corrected chi connectivity index (χ2v) is 7.71. The summed E-state index contributed by atoms with van der Waals surface area (Å²) in [4.78, 5) is -0.596. The highest BCUT2D eigenvalue weighted by Gasteiger charge is 2.35. The Kier molecular flexibility index (Phi) is 4.54. The van der Waals surface area contributed by atoms with Crippen LogP contribution in [0.25, 0.3) is 16.9 Å². The van der Waals surface area contributed by atoms with E-state index in [-0.39, 0.29) is 16.9 Å². The van der Waals surface area contributed by atoms with Gasteiger partial charge < -0.3 is 0 Å². The normalized spacial score (nSPS) is 12.4. The summed E-state index contributed by atoms with van der Waals surface area (Å²) in [5.41, 5.74) is -1.44. The van der Waals surface area contributed by atoms with Crippen molar-refractivity contribution < 1.29 is 30.4 Å². The largest absolute Gasteiger partial charge is 0.435 e. The Balaban J connectivity index is 2.23. The predicted molar refractivity (Wildman–Crippen MR) is 87.0 cm³/mol. The van der Waals surface area contributed by atoms with Gasteiger partial charge in [-0.1, -0.05) is 12.1 Å². The summed E-state index contributed by atoms with van der Waals surface area (Å²) >= 11 is 0. The van der Waals surface area contributed by atoms with Crippen molar-refractivity contribution in [1.29, 1.82) is 0 Å². The first-order valence-corrected chi connectivity index (χ1v) is 9.29. The lowest BCUT2D eigenvalue weighted by Gasteiger charge is -2.09. The van der Waals surface area contributed by atoms with Crippen molar-refractivity contribution in [1.82, 2.24) is 9.78 Å². The van der Waals surface area contributed by atoms with Gasteiger partial charge in [-0.2, -0.15) is 18.3 Å². The van der Waals surface area contributed by atoms with Crippen molar-refractivity contribution in [2.45, 2.75) is 11.1 Å². The molecule has 4 nitrogen and oxygen atoms in total. The third-order valence-electron chi connectivity index (χ3n) is 3.68. The number of alkyl halides is 3. The Morgan fingerprint density at radius 2 is 1.70 bits per heavy atom. The maximum atomic E-state index is 14.2. The molecule has 0 unspecified atom stereocenters. The average molecular weight is 402 g/mol. The second-order valence-electron chi connectivity index (χ2n) is 5.72. The van der Waals surface area contributed by atoms with E-state index in [4.69, 9.17) is 0 Å². The predicted octanol–water partition coefficient (Wildman–Crippen LogP) is 4.24. The Bertz CT molecular complexity index is 1120. The number of hydrogen-bond donors (Lipinski definition) is 0. The molecule has 0 saturated heterocycles. The highest BCUT2D eigenvalue weighted by molar-refractivity contribution is 7.90. The first-order chi connectivity index (χ1) is 12.5. The molecule has 27 heavy (non-hydrogen) atoms. The van der Waals surface area contributed by atoms with Crippen LogP contribution in [0.5, 0.6) is 0 Å². The van der Waals surface area contributed by atoms with Crippen LogP contribution in [0.1, 0.15) is 5.69 Å². The summed E-state index contributed by atoms with van der Waals surface area (Å²) in [7, 11) is -3.85. The lowest BCUT2D eigenvalue weighted by atomic mass is 10.1. The maximum Gasteiger partial charge on any atom is 0.435 e. The molecule has 0 N–H and O–H groups in total. The zero-order valence-electron chi connectivity index (χ0n) is 13.6. The standard InChI is InChI=1S/C17H11F5N2O2S/c1-27(25,26)15-6-5-12(8-13(15)19)24-14(9-16(23-24)17(20,21)22)10-3-2-4-11(18)7-10/h2-9H,1H3. The van der Waals surface area contributed by atoms with Crippen LogP contribution in [0.2, 0.25) is 0 Å². The number of hydrogen-bond acceptors (Lipinski definition) is 3. The Morgan fingerprint density at radius 3 is 2.26 bits per heavy atom. The average Bonchev–Trinajstić information content (AvgIpc) is 2.99. The zero-order valence-corrected chi connectivity index (χ0v) is 14.4. The highest BCUT2D eigenvalue weighted by Crippen LogP contribution is 2.33. The fourth-order valence-corrected chi connectivity index (χ4v) is 3.22. The third-order valence-corrected chi connectivity index (χ3v) is 4.81. The van der Waals surface area contributed by atoms with Gasteiger partial charge in [0, 0.05) is 17.9 Å². The van der Waals surface area contributed by atoms with Gasteiger partial charge >= 0.3 is 6.18 Å². The lowest BCUT2D eigenvalue weighted by Crippen LogP contribution is -2.08. The molecular formula is C17H11F5N2O2S. The van der Waals surface area contributed by atoms with Crippen LogP contribution in [0.15, 0.2) is 53.4 Å². The van der Waals surface area contributed by atoms with Gasteiger partial charge in [-0.25, -0.2) is 21.9 Å². The summed E-state index contributed by atoms with van der Waals surface area (Å²) in [6.45, 7) is 0. The van der Waals surface area contributed by atoms with E-state index in [9.17, 15) is 30.4 Å². The topological polar surface area (TPSA) is 52.0 Å². The van der Waals surface area contributed by atoms with Crippen LogP contribution in [-0.4, -0.2) is 24.5 Å². The number of aromatic nitrogens is 2. The summed E-state index contributed by atoms with van der Waals surface area (Å²) in [6, 6.07) is 8.33. The fourth-order valence-electron chi connectivity index (χ4n) is 2.49. The molecule has 1 aromatic heterocycles. The van der Waals surface area contributed by atoms with Gasteiger partial charge in [0.1, 0.15) is 16.5 Å². The minimum absolute atomic E-state index is 0.0885. The molecule has 2 aromatic carbocycles. The van der Waals surface area contributed by atoms with Gasteiger partial charge in [-0.3, -0.25) is 0 Å². The lowest BCUT2D eigenvalue weighted by molar-refractivity contribution is -0.141. The molecule has 0 aliphatic heterocycles. The van der Waals surface area contributed by atoms with E-state index in [1.165, 1.54) is 12.1 Å². The zero-order chi connectivity index (χ0) is 20.0. The van der Waals surface area contributed by atoms with Crippen molar-refractivity contribution in [3.8, 4) is 16.9 Å². The van der Waals surface area contributed by atoms with Crippen molar-refractivity contribution in [2.75, 3.05) is 6.26 Å². The van der Waals surface area contributed by atoms with Crippen molar-refractivity contribution in [3.63, 3.8) is 0 Å². The molecule has 0 aliphatic rings. The minimum Gasteiger partial charge on any atom is -0.232 e. The fraction of sp³-hybridized carbons (Fsp3) is 0.118. The molecule has 3 aromatic rings. The molecule has 0 amide bonds. The van der Waals surface area contributed by atoms with Crippen molar-refractivity contribution in [3.05, 3.63) is 65.9 Å². The number of nitrogens with zero attached hydrogens (tertiary/aromatic N) is 2. The summed E-state index contributed by atoms with van der Waals surface area (Å²) < 4.78 is 90.7. The Hall–Kier alpha value is -2.75. The van der Waals surface area contributed by atoms with Crippen LogP contribution in [0.3, 0.4) is 0 Å². The van der Waals surface area contributed by atoms with Gasteiger partial charge in [0.15, 0.2) is 15.5 Å². The number of rotatable bonds is 3. The second kappa shape index (κ2) is 6.45. The van der Waals surface area contributed by atoms with Gasteiger partial charge in [-0.15, -0.1) is 0 Å².